The molecule has 236 valence electrons. The zero-order valence-corrected chi connectivity index (χ0v) is 28.6. The summed E-state index contributed by atoms with van der Waals surface area (Å²) in [5.41, 5.74) is 11.7. The third kappa shape index (κ3) is 15.4. The molecule has 0 fully saturated rings. The minimum atomic E-state index is 1.28. The molecule has 0 heteroatoms. The Bertz CT molecular complexity index is 1570. The molecule has 0 aliphatic rings. The van der Waals surface area contributed by atoms with Crippen LogP contribution in [0.1, 0.15) is 27.8 Å². The normalized spacial score (nSPS) is 9.38. The van der Waals surface area contributed by atoms with E-state index in [1.54, 1.807) is 0 Å². The fourth-order valence-electron chi connectivity index (χ4n) is 4.36. The molecule has 0 heterocycles. The highest BCUT2D eigenvalue weighted by Crippen LogP contribution is 2.19. The summed E-state index contributed by atoms with van der Waals surface area (Å²) in [6, 6.07) is 68.8. The minimum absolute atomic E-state index is 1.28. The quantitative estimate of drug-likeness (QED) is 0.182. The molecule has 0 nitrogen and oxygen atoms in total. The average molecular weight is 613 g/mol. The van der Waals surface area contributed by atoms with Crippen molar-refractivity contribution in [3.05, 3.63) is 228 Å². The molecule has 0 amide bonds. The van der Waals surface area contributed by atoms with Gasteiger partial charge in [-0.05, 0) is 56.9 Å². The average Bonchev–Trinajstić information content (AvgIpc) is 3.12. The van der Waals surface area contributed by atoms with Gasteiger partial charge >= 0.3 is 0 Å². The molecule has 0 bridgehead atoms. The summed E-state index contributed by atoms with van der Waals surface area (Å²) in [5.74, 6) is 0. The van der Waals surface area contributed by atoms with Gasteiger partial charge in [-0.2, -0.15) is 0 Å². The van der Waals surface area contributed by atoms with Crippen molar-refractivity contribution in [1.82, 2.24) is 0 Å². The SMILES string of the molecule is Cc1ccc(-c2ccccc2)cc1.Cc1ccc(-c2ccccc2)cc1.Cc1ccccc1.Cc1ccccc1.Cc1ccccc1. The van der Waals surface area contributed by atoms with E-state index < -0.39 is 0 Å². The minimum Gasteiger partial charge on any atom is -0.0622 e. The van der Waals surface area contributed by atoms with Crippen LogP contribution in [0.3, 0.4) is 0 Å². The number of rotatable bonds is 2. The summed E-state index contributed by atoms with van der Waals surface area (Å²) >= 11 is 0. The largest absolute Gasteiger partial charge is 0.0622 e. The summed E-state index contributed by atoms with van der Waals surface area (Å²) in [4.78, 5) is 0. The highest BCUT2D eigenvalue weighted by atomic mass is 14.0. The molecule has 0 radical (unpaired) electrons. The maximum Gasteiger partial charge on any atom is -0.0184 e. The van der Waals surface area contributed by atoms with Crippen LogP contribution in [-0.2, 0) is 0 Å². The molecule has 0 aliphatic heterocycles. The van der Waals surface area contributed by atoms with Gasteiger partial charge in [-0.15, -0.1) is 0 Å². The lowest BCUT2D eigenvalue weighted by Crippen LogP contribution is -1.76. The Labute approximate surface area is 284 Å². The monoisotopic (exact) mass is 612 g/mol. The van der Waals surface area contributed by atoms with Crippen LogP contribution in [0, 0.1) is 34.6 Å². The van der Waals surface area contributed by atoms with E-state index in [2.05, 4.69) is 168 Å². The zero-order valence-electron chi connectivity index (χ0n) is 28.6. The fourth-order valence-corrected chi connectivity index (χ4v) is 4.36. The molecule has 0 N–H and O–H groups in total. The molecule has 0 saturated carbocycles. The van der Waals surface area contributed by atoms with Gasteiger partial charge in [0.25, 0.3) is 0 Å². The van der Waals surface area contributed by atoms with Gasteiger partial charge in [0.15, 0.2) is 0 Å². The van der Waals surface area contributed by atoms with Gasteiger partial charge in [0.2, 0.25) is 0 Å². The molecule has 0 aromatic heterocycles. The fraction of sp³-hybridized carbons (Fsp3) is 0.106. The van der Waals surface area contributed by atoms with Crippen LogP contribution < -0.4 is 0 Å². The summed E-state index contributed by atoms with van der Waals surface area (Å²) in [5, 5.41) is 0. The van der Waals surface area contributed by atoms with Crippen LogP contribution in [0.15, 0.2) is 200 Å². The van der Waals surface area contributed by atoms with Gasteiger partial charge in [0.05, 0.1) is 0 Å². The van der Waals surface area contributed by atoms with E-state index in [0.717, 1.165) is 0 Å². The summed E-state index contributed by atoms with van der Waals surface area (Å²) in [6.45, 7) is 10.5. The van der Waals surface area contributed by atoms with Crippen LogP contribution >= 0.6 is 0 Å². The summed E-state index contributed by atoms with van der Waals surface area (Å²) < 4.78 is 0. The highest BCUT2D eigenvalue weighted by molar-refractivity contribution is 5.64. The van der Waals surface area contributed by atoms with Crippen molar-refractivity contribution in [3.8, 4) is 22.3 Å². The molecule has 7 aromatic carbocycles. The second-order valence-electron chi connectivity index (χ2n) is 11.4. The van der Waals surface area contributed by atoms with Crippen molar-refractivity contribution in [2.45, 2.75) is 34.6 Å². The molecule has 47 heavy (non-hydrogen) atoms. The number of hydrogen-bond acceptors (Lipinski definition) is 0. The zero-order chi connectivity index (χ0) is 33.5. The van der Waals surface area contributed by atoms with Crippen molar-refractivity contribution in [3.63, 3.8) is 0 Å². The van der Waals surface area contributed by atoms with Crippen LogP contribution in [0.2, 0.25) is 0 Å². The first-order valence-electron chi connectivity index (χ1n) is 16.2. The van der Waals surface area contributed by atoms with Crippen molar-refractivity contribution < 1.29 is 0 Å². The molecular weight excluding hydrogens is 565 g/mol. The molecule has 7 aromatic rings. The molecule has 7 rings (SSSR count). The van der Waals surface area contributed by atoms with Gasteiger partial charge < -0.3 is 0 Å². The Morgan fingerprint density at radius 1 is 0.170 bits per heavy atom. The van der Waals surface area contributed by atoms with E-state index in [1.807, 2.05) is 66.7 Å². The number of benzene rings is 7. The van der Waals surface area contributed by atoms with E-state index in [4.69, 9.17) is 0 Å². The highest BCUT2D eigenvalue weighted by Gasteiger charge is 1.95. The third-order valence-corrected chi connectivity index (χ3v) is 7.14. The standard InChI is InChI=1S/2C13H12.3C7H8/c2*1-11-7-9-13(10-8-11)12-5-3-2-4-6-12;3*1-7-5-3-2-4-6-7/h2*2-10H,1H3;3*2-6H,1H3. The van der Waals surface area contributed by atoms with E-state index in [0.29, 0.717) is 0 Å². The summed E-state index contributed by atoms with van der Waals surface area (Å²) in [6.07, 6.45) is 0. The first-order chi connectivity index (χ1) is 22.9. The van der Waals surface area contributed by atoms with E-state index in [-0.39, 0.29) is 0 Å². The van der Waals surface area contributed by atoms with Crippen molar-refractivity contribution >= 4 is 0 Å². The summed E-state index contributed by atoms with van der Waals surface area (Å²) in [7, 11) is 0. The van der Waals surface area contributed by atoms with Crippen LogP contribution in [0.5, 0.6) is 0 Å². The smallest absolute Gasteiger partial charge is 0.0184 e. The third-order valence-electron chi connectivity index (χ3n) is 7.14. The molecule has 0 atom stereocenters. The van der Waals surface area contributed by atoms with Gasteiger partial charge in [0.1, 0.15) is 0 Å². The lowest BCUT2D eigenvalue weighted by molar-refractivity contribution is 1.47. The Kier molecular flexibility index (Phi) is 16.3. The van der Waals surface area contributed by atoms with Crippen LogP contribution in [0.25, 0.3) is 22.3 Å². The van der Waals surface area contributed by atoms with E-state index >= 15 is 0 Å². The molecule has 0 spiro atoms. The predicted octanol–water partition coefficient (Wildman–Crippen LogP) is 13.3. The van der Waals surface area contributed by atoms with Crippen molar-refractivity contribution in [2.24, 2.45) is 0 Å². The Morgan fingerprint density at radius 2 is 0.340 bits per heavy atom. The Hall–Kier alpha value is -5.46. The first-order valence-corrected chi connectivity index (χ1v) is 16.2. The van der Waals surface area contributed by atoms with Crippen LogP contribution in [-0.4, -0.2) is 0 Å². The maximum absolute atomic E-state index is 2.16. The van der Waals surface area contributed by atoms with Gasteiger partial charge in [-0.3, -0.25) is 0 Å². The lowest BCUT2D eigenvalue weighted by atomic mass is 10.0. The molecule has 0 aliphatic carbocycles. The molecular formula is C47H48. The Morgan fingerprint density at radius 3 is 0.532 bits per heavy atom. The molecule has 0 unspecified atom stereocenters. The second kappa shape index (κ2) is 21.3. The van der Waals surface area contributed by atoms with Crippen molar-refractivity contribution in [2.75, 3.05) is 0 Å². The van der Waals surface area contributed by atoms with Gasteiger partial charge in [0, 0.05) is 0 Å². The Balaban J connectivity index is 0.000000165. The number of aryl methyl sites for hydroxylation is 5. The topological polar surface area (TPSA) is 0 Å². The second-order valence-corrected chi connectivity index (χ2v) is 11.4. The van der Waals surface area contributed by atoms with E-state index in [1.165, 1.54) is 50.1 Å². The van der Waals surface area contributed by atoms with E-state index in [9.17, 15) is 0 Å². The van der Waals surface area contributed by atoms with Crippen LogP contribution in [0.4, 0.5) is 0 Å². The lowest BCUT2D eigenvalue weighted by Gasteiger charge is -2.00. The molecule has 0 saturated heterocycles. The maximum atomic E-state index is 2.16. The predicted molar refractivity (Wildman–Crippen MR) is 207 cm³/mol. The van der Waals surface area contributed by atoms with Gasteiger partial charge in [-0.25, -0.2) is 0 Å². The van der Waals surface area contributed by atoms with Gasteiger partial charge in [-0.1, -0.05) is 228 Å². The number of hydrogen-bond donors (Lipinski definition) is 0. The van der Waals surface area contributed by atoms with Crippen molar-refractivity contribution in [1.29, 1.82) is 0 Å². The first kappa shape index (κ1) is 36.0.